The largest absolute Gasteiger partial charge is 0.387 e. The van der Waals surface area contributed by atoms with Gasteiger partial charge in [-0.05, 0) is 24.1 Å². The van der Waals surface area contributed by atoms with Crippen molar-refractivity contribution in [3.05, 3.63) is 35.6 Å². The molecule has 0 radical (unpaired) electrons. The minimum atomic E-state index is -3.32. The molecule has 0 aliphatic heterocycles. The maximum atomic E-state index is 12.7. The summed E-state index contributed by atoms with van der Waals surface area (Å²) in [6.45, 7) is 1.69. The van der Waals surface area contributed by atoms with Crippen LogP contribution in [0.1, 0.15) is 25.0 Å². The maximum Gasteiger partial charge on any atom is 0.153 e. The Hall–Kier alpha value is -0.940. The Morgan fingerprint density at radius 1 is 1.31 bits per heavy atom. The molecule has 0 bridgehead atoms. The Bertz CT molecular complexity index is 439. The van der Waals surface area contributed by atoms with E-state index in [1.807, 2.05) is 0 Å². The topological polar surface area (TPSA) is 54.4 Å². The third-order valence-corrected chi connectivity index (χ3v) is 4.21. The van der Waals surface area contributed by atoms with E-state index in [1.54, 1.807) is 6.92 Å². The van der Waals surface area contributed by atoms with Crippen molar-refractivity contribution in [2.24, 2.45) is 0 Å². The maximum absolute atomic E-state index is 12.7. The fraction of sp³-hybridized carbons (Fsp3) is 0.455. The molecule has 2 atom stereocenters. The second-order valence-corrected chi connectivity index (χ2v) is 6.04. The third-order valence-electron chi connectivity index (χ3n) is 2.52. The minimum Gasteiger partial charge on any atom is -0.387 e. The van der Waals surface area contributed by atoms with E-state index >= 15 is 0 Å². The quantitative estimate of drug-likeness (QED) is 0.879. The van der Waals surface area contributed by atoms with E-state index in [-0.39, 0.29) is 0 Å². The monoisotopic (exact) mass is 246 g/mol. The average molecular weight is 246 g/mol. The second-order valence-electron chi connectivity index (χ2n) is 3.77. The first-order chi connectivity index (χ1) is 7.36. The van der Waals surface area contributed by atoms with Crippen molar-refractivity contribution >= 4 is 9.84 Å². The zero-order chi connectivity index (χ0) is 12.3. The van der Waals surface area contributed by atoms with E-state index in [9.17, 15) is 17.9 Å². The van der Waals surface area contributed by atoms with Gasteiger partial charge in [0.05, 0.1) is 11.4 Å². The van der Waals surface area contributed by atoms with Gasteiger partial charge < -0.3 is 5.11 Å². The Kier molecular flexibility index (Phi) is 4.04. The number of hydrogen-bond donors (Lipinski definition) is 1. The van der Waals surface area contributed by atoms with Crippen LogP contribution in [0.2, 0.25) is 0 Å². The van der Waals surface area contributed by atoms with Crippen molar-refractivity contribution in [1.29, 1.82) is 0 Å². The van der Waals surface area contributed by atoms with E-state index in [4.69, 9.17) is 0 Å². The Morgan fingerprint density at radius 2 is 1.81 bits per heavy atom. The third kappa shape index (κ3) is 3.02. The number of sulfone groups is 1. The summed E-state index contributed by atoms with van der Waals surface area (Å²) in [6.07, 6.45) is 0.297. The van der Waals surface area contributed by atoms with Crippen molar-refractivity contribution in [3.63, 3.8) is 0 Å². The number of aliphatic hydroxyl groups is 1. The molecule has 0 saturated carbocycles. The molecule has 0 aliphatic rings. The van der Waals surface area contributed by atoms with Gasteiger partial charge >= 0.3 is 0 Å². The number of rotatable bonds is 4. The highest BCUT2D eigenvalue weighted by Gasteiger charge is 2.28. The fourth-order valence-corrected chi connectivity index (χ4v) is 2.87. The summed E-state index contributed by atoms with van der Waals surface area (Å²) < 4.78 is 35.5. The van der Waals surface area contributed by atoms with E-state index in [0.29, 0.717) is 12.0 Å². The molecule has 0 fully saturated rings. The lowest BCUT2D eigenvalue weighted by atomic mass is 10.1. The summed E-state index contributed by atoms with van der Waals surface area (Å²) in [4.78, 5) is 0. The summed E-state index contributed by atoms with van der Waals surface area (Å²) in [5, 5.41) is 9.06. The Balaban J connectivity index is 3.00. The molecule has 0 aromatic heterocycles. The van der Waals surface area contributed by atoms with E-state index in [1.165, 1.54) is 24.3 Å². The number of benzene rings is 1. The molecular formula is C11H15FO3S. The van der Waals surface area contributed by atoms with Crippen LogP contribution in [-0.4, -0.2) is 25.0 Å². The number of hydrogen-bond acceptors (Lipinski definition) is 3. The van der Waals surface area contributed by atoms with Crippen LogP contribution in [0.4, 0.5) is 4.39 Å². The molecule has 5 heteroatoms. The molecule has 0 unspecified atom stereocenters. The summed E-state index contributed by atoms with van der Waals surface area (Å²) in [7, 11) is -3.32. The molecular weight excluding hydrogens is 231 g/mol. The molecule has 0 amide bonds. The van der Waals surface area contributed by atoms with Crippen LogP contribution in [0.3, 0.4) is 0 Å². The van der Waals surface area contributed by atoms with Crippen LogP contribution in [0.15, 0.2) is 24.3 Å². The fourth-order valence-electron chi connectivity index (χ4n) is 1.63. The normalized spacial score (nSPS) is 15.8. The van der Waals surface area contributed by atoms with Gasteiger partial charge in [-0.1, -0.05) is 19.1 Å². The summed E-state index contributed by atoms with van der Waals surface area (Å²) in [5.74, 6) is -0.414. The molecule has 16 heavy (non-hydrogen) atoms. The molecule has 0 aliphatic carbocycles. The Morgan fingerprint density at radius 3 is 2.19 bits per heavy atom. The van der Waals surface area contributed by atoms with Crippen LogP contribution in [0, 0.1) is 5.82 Å². The summed E-state index contributed by atoms with van der Waals surface area (Å²) in [5.41, 5.74) is 0.415. The molecule has 90 valence electrons. The van der Waals surface area contributed by atoms with Crippen LogP contribution >= 0.6 is 0 Å². The van der Waals surface area contributed by atoms with Gasteiger partial charge in [0.15, 0.2) is 9.84 Å². The predicted molar refractivity (Wildman–Crippen MR) is 60.3 cm³/mol. The Labute approximate surface area is 94.8 Å². The highest BCUT2D eigenvalue weighted by molar-refractivity contribution is 7.91. The molecule has 0 saturated heterocycles. The molecule has 1 aromatic rings. The predicted octanol–water partition coefficient (Wildman–Crippen LogP) is 1.68. The van der Waals surface area contributed by atoms with Crippen molar-refractivity contribution in [3.8, 4) is 0 Å². The highest BCUT2D eigenvalue weighted by atomic mass is 32.2. The molecule has 0 spiro atoms. The van der Waals surface area contributed by atoms with Gasteiger partial charge in [-0.3, -0.25) is 0 Å². The zero-order valence-electron chi connectivity index (χ0n) is 9.22. The van der Waals surface area contributed by atoms with Crippen molar-refractivity contribution in [1.82, 2.24) is 0 Å². The van der Waals surface area contributed by atoms with Crippen LogP contribution in [0.25, 0.3) is 0 Å². The summed E-state index contributed by atoms with van der Waals surface area (Å²) >= 11 is 0. The summed E-state index contributed by atoms with van der Waals surface area (Å²) in [6, 6.07) is 5.20. The lowest BCUT2D eigenvalue weighted by Gasteiger charge is -2.20. The van der Waals surface area contributed by atoms with E-state index in [0.717, 1.165) is 6.26 Å². The lowest BCUT2D eigenvalue weighted by Crippen LogP contribution is -2.26. The first-order valence-electron chi connectivity index (χ1n) is 4.98. The molecule has 0 heterocycles. The first kappa shape index (κ1) is 13.1. The van der Waals surface area contributed by atoms with Crippen LogP contribution in [0.5, 0.6) is 0 Å². The molecule has 3 nitrogen and oxygen atoms in total. The average Bonchev–Trinajstić information content (AvgIpc) is 2.17. The van der Waals surface area contributed by atoms with Crippen molar-refractivity contribution in [2.75, 3.05) is 6.26 Å². The van der Waals surface area contributed by atoms with Gasteiger partial charge in [0.25, 0.3) is 0 Å². The number of aliphatic hydroxyl groups excluding tert-OH is 1. The SMILES string of the molecule is CC[C@H]([C@@H](O)c1ccc(F)cc1)S(C)(=O)=O. The highest BCUT2D eigenvalue weighted by Crippen LogP contribution is 2.24. The standard InChI is InChI=1S/C11H15FO3S/c1-3-10(16(2,14)15)11(13)8-4-6-9(12)7-5-8/h4-7,10-11,13H,3H2,1-2H3/t10-,11+/m1/s1. The van der Waals surface area contributed by atoms with Crippen LogP contribution in [-0.2, 0) is 9.84 Å². The van der Waals surface area contributed by atoms with Gasteiger partial charge in [0.1, 0.15) is 5.82 Å². The van der Waals surface area contributed by atoms with Gasteiger partial charge in [0, 0.05) is 6.26 Å². The second kappa shape index (κ2) is 4.93. The molecule has 1 aromatic carbocycles. The molecule has 1 N–H and O–H groups in total. The van der Waals surface area contributed by atoms with Gasteiger partial charge in [-0.25, -0.2) is 12.8 Å². The van der Waals surface area contributed by atoms with Gasteiger partial charge in [-0.15, -0.1) is 0 Å². The molecule has 1 rings (SSSR count). The van der Waals surface area contributed by atoms with Gasteiger partial charge in [0.2, 0.25) is 0 Å². The smallest absolute Gasteiger partial charge is 0.153 e. The van der Waals surface area contributed by atoms with Crippen molar-refractivity contribution < 1.29 is 17.9 Å². The van der Waals surface area contributed by atoms with Gasteiger partial charge in [-0.2, -0.15) is 0 Å². The van der Waals surface area contributed by atoms with E-state index < -0.39 is 27.0 Å². The first-order valence-corrected chi connectivity index (χ1v) is 6.94. The zero-order valence-corrected chi connectivity index (χ0v) is 10.0. The minimum absolute atomic E-state index is 0.317. The van der Waals surface area contributed by atoms with Crippen LogP contribution < -0.4 is 0 Å². The van der Waals surface area contributed by atoms with Crippen molar-refractivity contribution in [2.45, 2.75) is 24.7 Å². The lowest BCUT2D eigenvalue weighted by molar-refractivity contribution is 0.169. The number of halogens is 1. The van der Waals surface area contributed by atoms with E-state index in [2.05, 4.69) is 0 Å².